The highest BCUT2D eigenvalue weighted by Gasteiger charge is 2.50. The number of carboxylic acids is 1. The van der Waals surface area contributed by atoms with Gasteiger partial charge in [-0.1, -0.05) is 27.2 Å². The number of allylic oxidation sites excluding steroid dienone is 2. The van der Waals surface area contributed by atoms with Crippen molar-refractivity contribution < 1.29 is 33.8 Å². The molecule has 0 saturated heterocycles. The van der Waals surface area contributed by atoms with Crippen LogP contribution < -0.4 is 0 Å². The molecule has 140 valence electrons. The SMILES string of the molecule is CCC(C)CC(C)C(=O)OC1(C)C(=O)C=C2C=C(C(=O)O)OC=C2C1=O. The molecule has 0 fully saturated rings. The zero-order valence-corrected chi connectivity index (χ0v) is 15.2. The van der Waals surface area contributed by atoms with Gasteiger partial charge in [0.1, 0.15) is 6.26 Å². The molecule has 0 aromatic rings. The minimum atomic E-state index is -1.98. The van der Waals surface area contributed by atoms with Crippen molar-refractivity contribution in [2.75, 3.05) is 0 Å². The van der Waals surface area contributed by atoms with Gasteiger partial charge in [0.25, 0.3) is 0 Å². The van der Waals surface area contributed by atoms with Crippen molar-refractivity contribution in [3.05, 3.63) is 35.3 Å². The van der Waals surface area contributed by atoms with Gasteiger partial charge in [0, 0.05) is 0 Å². The minimum absolute atomic E-state index is 0.000482. The molecule has 0 saturated carbocycles. The molecule has 1 N–H and O–H groups in total. The van der Waals surface area contributed by atoms with Gasteiger partial charge in [-0.2, -0.15) is 0 Å². The van der Waals surface area contributed by atoms with Crippen LogP contribution in [0.25, 0.3) is 0 Å². The topological polar surface area (TPSA) is 107 Å². The number of carboxylic acid groups (broad SMARTS) is 1. The Balaban J connectivity index is 2.25. The maximum Gasteiger partial charge on any atom is 0.371 e. The second-order valence-corrected chi connectivity index (χ2v) is 6.86. The van der Waals surface area contributed by atoms with E-state index in [1.54, 1.807) is 6.92 Å². The fraction of sp³-hybridized carbons (Fsp3) is 0.474. The van der Waals surface area contributed by atoms with Crippen molar-refractivity contribution >= 4 is 23.5 Å². The van der Waals surface area contributed by atoms with Crippen LogP contribution in [-0.4, -0.2) is 34.2 Å². The highest BCUT2D eigenvalue weighted by atomic mass is 16.6. The fourth-order valence-corrected chi connectivity index (χ4v) is 2.77. The highest BCUT2D eigenvalue weighted by molar-refractivity contribution is 6.26. The van der Waals surface area contributed by atoms with Gasteiger partial charge in [-0.05, 0) is 37.0 Å². The number of hydrogen-bond acceptors (Lipinski definition) is 6. The Bertz CT molecular complexity index is 756. The summed E-state index contributed by atoms with van der Waals surface area (Å²) in [5.41, 5.74) is -1.85. The van der Waals surface area contributed by atoms with E-state index in [0.29, 0.717) is 12.3 Å². The van der Waals surface area contributed by atoms with Crippen LogP contribution in [0.4, 0.5) is 0 Å². The fourth-order valence-electron chi connectivity index (χ4n) is 2.77. The van der Waals surface area contributed by atoms with Crippen LogP contribution in [0.3, 0.4) is 0 Å². The molecule has 3 atom stereocenters. The summed E-state index contributed by atoms with van der Waals surface area (Å²) >= 11 is 0. The number of ketones is 2. The number of fused-ring (bicyclic) bond motifs is 1. The average Bonchev–Trinajstić information content (AvgIpc) is 2.59. The first kappa shape index (κ1) is 19.6. The molecule has 0 bridgehead atoms. The number of hydrogen-bond donors (Lipinski definition) is 1. The average molecular weight is 362 g/mol. The maximum absolute atomic E-state index is 12.7. The summed E-state index contributed by atoms with van der Waals surface area (Å²) in [7, 11) is 0. The van der Waals surface area contributed by atoms with Crippen LogP contribution in [0, 0.1) is 11.8 Å². The van der Waals surface area contributed by atoms with E-state index in [1.165, 1.54) is 6.92 Å². The molecular formula is C19H22O7. The van der Waals surface area contributed by atoms with E-state index in [-0.39, 0.29) is 11.1 Å². The Morgan fingerprint density at radius 3 is 2.50 bits per heavy atom. The zero-order chi connectivity index (χ0) is 19.6. The molecule has 1 heterocycles. The van der Waals surface area contributed by atoms with Gasteiger partial charge in [0.15, 0.2) is 0 Å². The number of Topliss-reactive ketones (excluding diaryl/α,β-unsaturated/α-hetero) is 1. The molecule has 7 nitrogen and oxygen atoms in total. The predicted octanol–water partition coefficient (Wildman–Crippen LogP) is 2.32. The second kappa shape index (κ2) is 7.27. The van der Waals surface area contributed by atoms with Crippen molar-refractivity contribution in [1.29, 1.82) is 0 Å². The van der Waals surface area contributed by atoms with E-state index in [0.717, 1.165) is 24.8 Å². The normalized spacial score (nSPS) is 24.4. The smallest absolute Gasteiger partial charge is 0.371 e. The first-order valence-electron chi connectivity index (χ1n) is 8.46. The van der Waals surface area contributed by atoms with Crippen LogP contribution in [0.5, 0.6) is 0 Å². The van der Waals surface area contributed by atoms with Crippen molar-refractivity contribution in [2.45, 2.75) is 46.1 Å². The van der Waals surface area contributed by atoms with Gasteiger partial charge >= 0.3 is 11.9 Å². The summed E-state index contributed by atoms with van der Waals surface area (Å²) < 4.78 is 10.2. The van der Waals surface area contributed by atoms with E-state index in [1.807, 2.05) is 13.8 Å². The molecule has 1 aliphatic carbocycles. The quantitative estimate of drug-likeness (QED) is 0.571. The Kier molecular flexibility index (Phi) is 5.49. The summed E-state index contributed by atoms with van der Waals surface area (Å²) in [5.74, 6) is -3.92. The number of carbonyl (C=O) groups excluding carboxylic acids is 3. The number of ether oxygens (including phenoxy) is 2. The third-order valence-corrected chi connectivity index (χ3v) is 4.71. The van der Waals surface area contributed by atoms with Gasteiger partial charge in [-0.3, -0.25) is 14.4 Å². The van der Waals surface area contributed by atoms with E-state index < -0.39 is 40.8 Å². The van der Waals surface area contributed by atoms with Crippen molar-refractivity contribution in [3.63, 3.8) is 0 Å². The minimum Gasteiger partial charge on any atom is -0.475 e. The Hall–Kier alpha value is -2.70. The highest BCUT2D eigenvalue weighted by Crippen LogP contribution is 2.34. The third kappa shape index (κ3) is 3.61. The van der Waals surface area contributed by atoms with Gasteiger partial charge in [0.2, 0.25) is 22.9 Å². The summed E-state index contributed by atoms with van der Waals surface area (Å²) in [6, 6.07) is 0. The Labute approximate surface area is 151 Å². The molecule has 2 aliphatic rings. The van der Waals surface area contributed by atoms with Crippen molar-refractivity contribution in [3.8, 4) is 0 Å². The lowest BCUT2D eigenvalue weighted by Crippen LogP contribution is -2.51. The first-order chi connectivity index (χ1) is 12.1. The van der Waals surface area contributed by atoms with Crippen molar-refractivity contribution in [2.24, 2.45) is 11.8 Å². The summed E-state index contributed by atoms with van der Waals surface area (Å²) in [6.07, 6.45) is 4.66. The predicted molar refractivity (Wildman–Crippen MR) is 90.7 cm³/mol. The van der Waals surface area contributed by atoms with E-state index in [9.17, 15) is 19.2 Å². The van der Waals surface area contributed by atoms with Crippen LogP contribution in [-0.2, 0) is 28.7 Å². The molecule has 0 spiro atoms. The Morgan fingerprint density at radius 2 is 1.92 bits per heavy atom. The van der Waals surface area contributed by atoms with E-state index in [2.05, 4.69) is 0 Å². The molecule has 7 heteroatoms. The number of esters is 1. The molecular weight excluding hydrogens is 340 g/mol. The molecule has 26 heavy (non-hydrogen) atoms. The lowest BCUT2D eigenvalue weighted by atomic mass is 9.80. The largest absolute Gasteiger partial charge is 0.475 e. The monoisotopic (exact) mass is 362 g/mol. The third-order valence-electron chi connectivity index (χ3n) is 4.71. The van der Waals surface area contributed by atoms with Gasteiger partial charge in [0.05, 0.1) is 11.5 Å². The van der Waals surface area contributed by atoms with Crippen LogP contribution in [0.1, 0.15) is 40.5 Å². The lowest BCUT2D eigenvalue weighted by molar-refractivity contribution is -0.172. The summed E-state index contributed by atoms with van der Waals surface area (Å²) in [6.45, 7) is 6.96. The lowest BCUT2D eigenvalue weighted by Gasteiger charge is -2.32. The molecule has 2 rings (SSSR count). The summed E-state index contributed by atoms with van der Waals surface area (Å²) in [4.78, 5) is 48.6. The molecule has 0 aromatic carbocycles. The summed E-state index contributed by atoms with van der Waals surface area (Å²) in [5, 5.41) is 8.95. The number of aliphatic carboxylic acids is 1. The number of carbonyl (C=O) groups is 4. The van der Waals surface area contributed by atoms with Crippen LogP contribution >= 0.6 is 0 Å². The zero-order valence-electron chi connectivity index (χ0n) is 15.2. The van der Waals surface area contributed by atoms with Crippen LogP contribution in [0.2, 0.25) is 0 Å². The van der Waals surface area contributed by atoms with Gasteiger partial charge in [-0.15, -0.1) is 0 Å². The first-order valence-corrected chi connectivity index (χ1v) is 8.46. The second-order valence-electron chi connectivity index (χ2n) is 6.86. The molecule has 3 unspecified atom stereocenters. The van der Waals surface area contributed by atoms with E-state index >= 15 is 0 Å². The van der Waals surface area contributed by atoms with E-state index in [4.69, 9.17) is 14.6 Å². The molecule has 0 aromatic heterocycles. The molecule has 0 radical (unpaired) electrons. The molecule has 1 aliphatic heterocycles. The number of rotatable bonds is 6. The van der Waals surface area contributed by atoms with Gasteiger partial charge < -0.3 is 14.6 Å². The molecule has 0 amide bonds. The Morgan fingerprint density at radius 1 is 1.27 bits per heavy atom. The maximum atomic E-state index is 12.7. The van der Waals surface area contributed by atoms with Gasteiger partial charge in [-0.25, -0.2) is 4.79 Å². The van der Waals surface area contributed by atoms with Crippen LogP contribution in [0.15, 0.2) is 35.3 Å². The standard InChI is InChI=1S/C19H22O7/c1-5-10(2)6-11(3)18(24)26-19(4)15(20)8-12-7-14(17(22)23)25-9-13(12)16(19)21/h7-11H,5-6H2,1-4H3,(H,22,23). The van der Waals surface area contributed by atoms with Crippen molar-refractivity contribution in [1.82, 2.24) is 0 Å².